The number of benzene rings is 2. The second-order valence-electron chi connectivity index (χ2n) is 8.70. The lowest BCUT2D eigenvalue weighted by Gasteiger charge is -2.33. The van der Waals surface area contributed by atoms with Crippen molar-refractivity contribution in [3.8, 4) is 0 Å². The van der Waals surface area contributed by atoms with Gasteiger partial charge in [0.05, 0.1) is 10.5 Å². The van der Waals surface area contributed by atoms with Gasteiger partial charge in [0, 0.05) is 45.3 Å². The van der Waals surface area contributed by atoms with Gasteiger partial charge in [-0.1, -0.05) is 18.2 Å². The Hall–Kier alpha value is -3.24. The van der Waals surface area contributed by atoms with E-state index in [0.29, 0.717) is 19.6 Å². The van der Waals surface area contributed by atoms with E-state index >= 15 is 0 Å². The van der Waals surface area contributed by atoms with Crippen molar-refractivity contribution in [1.82, 2.24) is 9.21 Å². The molecule has 0 aromatic heterocycles. The van der Waals surface area contributed by atoms with Crippen LogP contribution in [-0.2, 0) is 30.8 Å². The minimum atomic E-state index is -3.75. The first-order chi connectivity index (χ1) is 16.7. The monoisotopic (exact) mass is 499 g/mol. The Balaban J connectivity index is 1.39. The van der Waals surface area contributed by atoms with Crippen LogP contribution in [0.4, 0.5) is 5.69 Å². The van der Waals surface area contributed by atoms with Gasteiger partial charge in [0.25, 0.3) is 5.91 Å². The van der Waals surface area contributed by atoms with Crippen LogP contribution in [0.1, 0.15) is 36.2 Å². The normalized spacial score (nSPS) is 17.4. The van der Waals surface area contributed by atoms with Gasteiger partial charge in [-0.2, -0.15) is 4.31 Å². The maximum atomic E-state index is 13.0. The molecule has 0 saturated carbocycles. The molecule has 1 saturated heterocycles. The number of carbonyl (C=O) groups is 3. The van der Waals surface area contributed by atoms with Crippen molar-refractivity contribution < 1.29 is 27.5 Å². The number of amides is 2. The number of hydrogen-bond donors (Lipinski definition) is 0. The van der Waals surface area contributed by atoms with Crippen molar-refractivity contribution >= 4 is 33.5 Å². The molecule has 0 N–H and O–H groups in total. The molecule has 1 atom stereocenters. The first-order valence-electron chi connectivity index (χ1n) is 11.6. The summed E-state index contributed by atoms with van der Waals surface area (Å²) in [6.45, 7) is 4.67. The molecule has 9 nitrogen and oxygen atoms in total. The predicted octanol–water partition coefficient (Wildman–Crippen LogP) is 2.06. The summed E-state index contributed by atoms with van der Waals surface area (Å²) in [6.07, 6.45) is 0.744. The molecule has 0 aliphatic carbocycles. The summed E-state index contributed by atoms with van der Waals surface area (Å²) in [5, 5.41) is 0. The van der Waals surface area contributed by atoms with Crippen LogP contribution >= 0.6 is 0 Å². The van der Waals surface area contributed by atoms with Gasteiger partial charge in [-0.15, -0.1) is 0 Å². The van der Waals surface area contributed by atoms with Crippen LogP contribution in [-0.4, -0.2) is 74.2 Å². The van der Waals surface area contributed by atoms with Crippen molar-refractivity contribution in [2.24, 2.45) is 0 Å². The molecule has 0 spiro atoms. The third kappa shape index (κ3) is 5.23. The Morgan fingerprint density at radius 3 is 2.23 bits per heavy atom. The second kappa shape index (κ2) is 10.2. The topological polar surface area (TPSA) is 104 Å². The van der Waals surface area contributed by atoms with Crippen LogP contribution in [0.5, 0.6) is 0 Å². The Labute approximate surface area is 205 Å². The maximum Gasteiger partial charge on any atom is 0.338 e. The summed E-state index contributed by atoms with van der Waals surface area (Å²) in [5.74, 6) is -1.08. The smallest absolute Gasteiger partial charge is 0.338 e. The molecule has 10 heteroatoms. The fourth-order valence-electron chi connectivity index (χ4n) is 4.42. The Bertz CT molecular complexity index is 1220. The summed E-state index contributed by atoms with van der Waals surface area (Å²) in [5.41, 5.74) is 2.08. The molecular weight excluding hydrogens is 470 g/mol. The lowest BCUT2D eigenvalue weighted by atomic mass is 10.0. The number of esters is 1. The highest BCUT2D eigenvalue weighted by atomic mass is 32.2. The van der Waals surface area contributed by atoms with Gasteiger partial charge < -0.3 is 14.5 Å². The molecule has 1 fully saturated rings. The molecule has 2 aliphatic heterocycles. The number of hydrogen-bond acceptors (Lipinski definition) is 6. The molecule has 35 heavy (non-hydrogen) atoms. The molecule has 2 amide bonds. The zero-order valence-corrected chi connectivity index (χ0v) is 20.7. The van der Waals surface area contributed by atoms with Gasteiger partial charge in [-0.05, 0) is 55.7 Å². The maximum absolute atomic E-state index is 13.0. The van der Waals surface area contributed by atoms with Gasteiger partial charge in [-0.3, -0.25) is 9.59 Å². The number of sulfonamides is 1. The highest BCUT2D eigenvalue weighted by Gasteiger charge is 2.31. The molecule has 0 bridgehead atoms. The molecule has 4 rings (SSSR count). The number of ether oxygens (including phenoxy) is 1. The van der Waals surface area contributed by atoms with E-state index in [1.165, 1.54) is 42.4 Å². The minimum Gasteiger partial charge on any atom is -0.449 e. The van der Waals surface area contributed by atoms with E-state index < -0.39 is 22.1 Å². The summed E-state index contributed by atoms with van der Waals surface area (Å²) in [4.78, 5) is 40.4. The number of rotatable bonds is 5. The lowest BCUT2D eigenvalue weighted by Crippen LogP contribution is -2.49. The molecule has 0 unspecified atom stereocenters. The molecule has 2 aliphatic rings. The SMILES string of the molecule is CC(=O)N1CCN(S(=O)(=O)c2ccc(C(=O)O[C@@H](C)C(=O)N3CCCc4ccccc43)cc2)CC1. The summed E-state index contributed by atoms with van der Waals surface area (Å²) >= 11 is 0. The largest absolute Gasteiger partial charge is 0.449 e. The number of nitrogens with zero attached hydrogens (tertiary/aromatic N) is 3. The third-order valence-corrected chi connectivity index (χ3v) is 8.33. The summed E-state index contributed by atoms with van der Waals surface area (Å²) in [6, 6.07) is 13.2. The van der Waals surface area contributed by atoms with Crippen molar-refractivity contribution in [2.45, 2.75) is 37.7 Å². The van der Waals surface area contributed by atoms with Gasteiger partial charge in [0.1, 0.15) is 0 Å². The molecule has 2 aromatic carbocycles. The average molecular weight is 500 g/mol. The van der Waals surface area contributed by atoms with E-state index in [1.807, 2.05) is 24.3 Å². The van der Waals surface area contributed by atoms with Crippen LogP contribution in [0.25, 0.3) is 0 Å². The van der Waals surface area contributed by atoms with E-state index in [0.717, 1.165) is 24.1 Å². The van der Waals surface area contributed by atoms with E-state index in [2.05, 4.69) is 0 Å². The highest BCUT2D eigenvalue weighted by molar-refractivity contribution is 7.89. The van der Waals surface area contributed by atoms with E-state index in [9.17, 15) is 22.8 Å². The van der Waals surface area contributed by atoms with Crippen LogP contribution < -0.4 is 4.90 Å². The second-order valence-corrected chi connectivity index (χ2v) is 10.6. The molecule has 0 radical (unpaired) electrons. The van der Waals surface area contributed by atoms with Gasteiger partial charge >= 0.3 is 5.97 Å². The lowest BCUT2D eigenvalue weighted by molar-refractivity contribution is -0.130. The first kappa shape index (κ1) is 24.9. The number of aryl methyl sites for hydroxylation is 1. The van der Waals surface area contributed by atoms with Crippen LogP contribution in [0.3, 0.4) is 0 Å². The van der Waals surface area contributed by atoms with Crippen molar-refractivity contribution in [1.29, 1.82) is 0 Å². The fourth-order valence-corrected chi connectivity index (χ4v) is 5.84. The van der Waals surface area contributed by atoms with Crippen LogP contribution in [0.2, 0.25) is 0 Å². The zero-order chi connectivity index (χ0) is 25.2. The molecule has 186 valence electrons. The number of fused-ring (bicyclic) bond motifs is 1. The number of carbonyl (C=O) groups excluding carboxylic acids is 3. The molecule has 2 heterocycles. The highest BCUT2D eigenvalue weighted by Crippen LogP contribution is 2.27. The standard InChI is InChI=1S/C25H29N3O6S/c1-18(24(30)28-13-5-7-20-6-3-4-8-23(20)28)34-25(31)21-9-11-22(12-10-21)35(32,33)27-16-14-26(15-17-27)19(2)29/h3-4,6,8-12,18H,5,7,13-17H2,1-2H3/t18-/m0/s1. The predicted molar refractivity (Wildman–Crippen MR) is 129 cm³/mol. The Kier molecular flexibility index (Phi) is 7.23. The Morgan fingerprint density at radius 1 is 0.914 bits per heavy atom. The van der Waals surface area contributed by atoms with Gasteiger partial charge in [0.2, 0.25) is 15.9 Å². The van der Waals surface area contributed by atoms with E-state index in [-0.39, 0.29) is 35.4 Å². The van der Waals surface area contributed by atoms with Crippen LogP contribution in [0.15, 0.2) is 53.4 Å². The number of anilines is 1. The molecule has 2 aromatic rings. The zero-order valence-electron chi connectivity index (χ0n) is 19.8. The first-order valence-corrected chi connectivity index (χ1v) is 13.1. The van der Waals surface area contributed by atoms with Gasteiger partial charge in [-0.25, -0.2) is 13.2 Å². The quantitative estimate of drug-likeness (QED) is 0.584. The average Bonchev–Trinajstić information content (AvgIpc) is 2.88. The van der Waals surface area contributed by atoms with Crippen molar-refractivity contribution in [3.05, 3.63) is 59.7 Å². The number of para-hydroxylation sites is 1. The molecular formula is C25H29N3O6S. The third-order valence-electron chi connectivity index (χ3n) is 6.42. The summed E-state index contributed by atoms with van der Waals surface area (Å²) in [7, 11) is -3.75. The summed E-state index contributed by atoms with van der Waals surface area (Å²) < 4.78 is 32.6. The van der Waals surface area contributed by atoms with E-state index in [4.69, 9.17) is 4.74 Å². The Morgan fingerprint density at radius 2 is 1.57 bits per heavy atom. The minimum absolute atomic E-state index is 0.0550. The van der Waals surface area contributed by atoms with E-state index in [1.54, 1.807) is 9.80 Å². The fraction of sp³-hybridized carbons (Fsp3) is 0.400. The van der Waals surface area contributed by atoms with Crippen molar-refractivity contribution in [3.63, 3.8) is 0 Å². The number of piperazine rings is 1. The van der Waals surface area contributed by atoms with Crippen LogP contribution in [0, 0.1) is 0 Å². The van der Waals surface area contributed by atoms with Gasteiger partial charge in [0.15, 0.2) is 6.10 Å². The van der Waals surface area contributed by atoms with Crippen molar-refractivity contribution in [2.75, 3.05) is 37.6 Å².